The van der Waals surface area contributed by atoms with Crippen molar-refractivity contribution in [2.75, 3.05) is 26.4 Å². The summed E-state index contributed by atoms with van der Waals surface area (Å²) in [7, 11) is 0. The van der Waals surface area contributed by atoms with Crippen LogP contribution in [0.25, 0.3) is 0 Å². The molecule has 4 heteroatoms. The number of alkyl carbamates (subject to hydrolysis) is 1. The van der Waals surface area contributed by atoms with E-state index in [0.717, 1.165) is 25.9 Å². The van der Waals surface area contributed by atoms with E-state index in [1.165, 1.54) is 32.1 Å². The molecule has 0 aromatic heterocycles. The second-order valence-electron chi connectivity index (χ2n) is 4.80. The van der Waals surface area contributed by atoms with Crippen LogP contribution in [0, 0.1) is 0 Å². The lowest BCUT2D eigenvalue weighted by Crippen LogP contribution is -2.28. The number of nitrogens with one attached hydrogen (secondary N) is 1. The summed E-state index contributed by atoms with van der Waals surface area (Å²) in [6.45, 7) is 6.68. The van der Waals surface area contributed by atoms with E-state index in [9.17, 15) is 4.79 Å². The van der Waals surface area contributed by atoms with Gasteiger partial charge in [-0.1, -0.05) is 52.4 Å². The van der Waals surface area contributed by atoms with Gasteiger partial charge in [-0.05, 0) is 12.8 Å². The van der Waals surface area contributed by atoms with Crippen LogP contribution >= 0.6 is 0 Å². The summed E-state index contributed by atoms with van der Waals surface area (Å²) in [5.74, 6) is 0. The van der Waals surface area contributed by atoms with Gasteiger partial charge in [0.2, 0.25) is 0 Å². The molecular weight excluding hydrogens is 242 g/mol. The maximum Gasteiger partial charge on any atom is 0.407 e. The highest BCUT2D eigenvalue weighted by Crippen LogP contribution is 2.04. The molecule has 1 N–H and O–H groups in total. The Labute approximate surface area is 118 Å². The first-order valence-electron chi connectivity index (χ1n) is 7.79. The van der Waals surface area contributed by atoms with Gasteiger partial charge in [-0.2, -0.15) is 0 Å². The Hall–Kier alpha value is -0.770. The molecule has 0 aliphatic carbocycles. The fourth-order valence-corrected chi connectivity index (χ4v) is 1.67. The maximum absolute atomic E-state index is 11.2. The summed E-state index contributed by atoms with van der Waals surface area (Å²) in [5.41, 5.74) is 0. The molecule has 0 heterocycles. The third kappa shape index (κ3) is 15.2. The van der Waals surface area contributed by atoms with Crippen LogP contribution in [0.3, 0.4) is 0 Å². The lowest BCUT2D eigenvalue weighted by Gasteiger charge is -2.07. The first-order chi connectivity index (χ1) is 9.31. The molecule has 0 spiro atoms. The lowest BCUT2D eigenvalue weighted by molar-refractivity contribution is 0.119. The molecule has 0 bridgehead atoms. The molecule has 0 aliphatic heterocycles. The Bertz CT molecular complexity index is 198. The molecule has 0 aromatic carbocycles. The fourth-order valence-electron chi connectivity index (χ4n) is 1.67. The second kappa shape index (κ2) is 15.3. The third-order valence-corrected chi connectivity index (χ3v) is 2.89. The molecule has 1 amide bonds. The molecule has 0 saturated carbocycles. The van der Waals surface area contributed by atoms with Gasteiger partial charge < -0.3 is 14.8 Å². The van der Waals surface area contributed by atoms with Crippen LogP contribution in [0.1, 0.15) is 65.2 Å². The van der Waals surface area contributed by atoms with Gasteiger partial charge in [-0.25, -0.2) is 4.79 Å². The number of amides is 1. The Kier molecular flexibility index (Phi) is 14.7. The van der Waals surface area contributed by atoms with Gasteiger partial charge in [0.05, 0.1) is 13.2 Å². The highest BCUT2D eigenvalue weighted by Gasteiger charge is 1.99. The molecule has 0 aromatic rings. The van der Waals surface area contributed by atoms with Crippen LogP contribution in [-0.2, 0) is 9.47 Å². The van der Waals surface area contributed by atoms with Gasteiger partial charge in [-0.15, -0.1) is 0 Å². The number of ether oxygens (including phenoxy) is 2. The zero-order chi connectivity index (χ0) is 14.2. The predicted octanol–water partition coefficient (Wildman–Crippen LogP) is 3.89. The van der Waals surface area contributed by atoms with E-state index < -0.39 is 0 Å². The van der Waals surface area contributed by atoms with Crippen LogP contribution in [0.2, 0.25) is 0 Å². The van der Waals surface area contributed by atoms with Gasteiger partial charge in [0.1, 0.15) is 0 Å². The molecular formula is C15H31NO3. The quantitative estimate of drug-likeness (QED) is 0.518. The normalized spacial score (nSPS) is 10.4. The van der Waals surface area contributed by atoms with Crippen molar-refractivity contribution >= 4 is 6.09 Å². The molecule has 0 atom stereocenters. The van der Waals surface area contributed by atoms with Crippen LogP contribution in [0.15, 0.2) is 0 Å². The van der Waals surface area contributed by atoms with Crippen LogP contribution in [0.4, 0.5) is 4.79 Å². The van der Waals surface area contributed by atoms with Crippen LogP contribution in [-0.4, -0.2) is 32.5 Å². The van der Waals surface area contributed by atoms with Crippen molar-refractivity contribution in [3.05, 3.63) is 0 Å². The number of rotatable bonds is 13. The first kappa shape index (κ1) is 18.2. The smallest absolute Gasteiger partial charge is 0.407 e. The van der Waals surface area contributed by atoms with E-state index in [1.807, 2.05) is 0 Å². The summed E-state index contributed by atoms with van der Waals surface area (Å²) in [4.78, 5) is 11.2. The molecule has 0 aliphatic rings. The van der Waals surface area contributed by atoms with Crippen molar-refractivity contribution in [3.8, 4) is 0 Å². The minimum atomic E-state index is -0.336. The molecule has 0 saturated heterocycles. The molecule has 0 unspecified atom stereocenters. The SMILES string of the molecule is CCCCCCCCOCCNC(=O)OCCCC. The summed E-state index contributed by atoms with van der Waals surface area (Å²) in [5, 5.41) is 2.67. The van der Waals surface area contributed by atoms with Crippen molar-refractivity contribution in [1.82, 2.24) is 5.32 Å². The Balaban J connectivity index is 3.07. The molecule has 0 radical (unpaired) electrons. The van der Waals surface area contributed by atoms with Crippen LogP contribution in [0.5, 0.6) is 0 Å². The minimum Gasteiger partial charge on any atom is -0.450 e. The zero-order valence-corrected chi connectivity index (χ0v) is 12.7. The predicted molar refractivity (Wildman–Crippen MR) is 78.5 cm³/mol. The van der Waals surface area contributed by atoms with Crippen molar-refractivity contribution < 1.29 is 14.3 Å². The highest BCUT2D eigenvalue weighted by atomic mass is 16.5. The zero-order valence-electron chi connectivity index (χ0n) is 12.7. The molecule has 0 rings (SSSR count). The summed E-state index contributed by atoms with van der Waals surface area (Å²) >= 11 is 0. The van der Waals surface area contributed by atoms with E-state index in [4.69, 9.17) is 9.47 Å². The van der Waals surface area contributed by atoms with Gasteiger partial charge in [0.15, 0.2) is 0 Å². The lowest BCUT2D eigenvalue weighted by atomic mass is 10.1. The topological polar surface area (TPSA) is 47.6 Å². The second-order valence-corrected chi connectivity index (χ2v) is 4.80. The molecule has 0 fully saturated rings. The van der Waals surface area contributed by atoms with E-state index in [0.29, 0.717) is 19.8 Å². The number of hydrogen-bond donors (Lipinski definition) is 1. The Morgan fingerprint density at radius 3 is 2.26 bits per heavy atom. The van der Waals surface area contributed by atoms with Crippen molar-refractivity contribution in [3.63, 3.8) is 0 Å². The van der Waals surface area contributed by atoms with E-state index >= 15 is 0 Å². The average molecular weight is 273 g/mol. The van der Waals surface area contributed by atoms with Gasteiger partial charge in [0, 0.05) is 13.2 Å². The third-order valence-electron chi connectivity index (χ3n) is 2.89. The van der Waals surface area contributed by atoms with E-state index in [-0.39, 0.29) is 6.09 Å². The van der Waals surface area contributed by atoms with Gasteiger partial charge >= 0.3 is 6.09 Å². The maximum atomic E-state index is 11.2. The Morgan fingerprint density at radius 2 is 1.53 bits per heavy atom. The van der Waals surface area contributed by atoms with Crippen molar-refractivity contribution in [1.29, 1.82) is 0 Å². The average Bonchev–Trinajstić information content (AvgIpc) is 2.41. The van der Waals surface area contributed by atoms with Gasteiger partial charge in [-0.3, -0.25) is 0 Å². The fraction of sp³-hybridized carbons (Fsp3) is 0.933. The highest BCUT2D eigenvalue weighted by molar-refractivity contribution is 5.66. The Morgan fingerprint density at radius 1 is 0.842 bits per heavy atom. The molecule has 4 nitrogen and oxygen atoms in total. The number of hydrogen-bond acceptors (Lipinski definition) is 3. The summed E-state index contributed by atoms with van der Waals surface area (Å²) < 4.78 is 10.4. The van der Waals surface area contributed by atoms with Crippen LogP contribution < -0.4 is 5.32 Å². The summed E-state index contributed by atoms with van der Waals surface area (Å²) in [6, 6.07) is 0. The van der Waals surface area contributed by atoms with Crippen molar-refractivity contribution in [2.24, 2.45) is 0 Å². The van der Waals surface area contributed by atoms with Gasteiger partial charge in [0.25, 0.3) is 0 Å². The summed E-state index contributed by atoms with van der Waals surface area (Å²) in [6.07, 6.45) is 9.24. The molecule has 19 heavy (non-hydrogen) atoms. The number of carbonyl (C=O) groups is 1. The standard InChI is InChI=1S/C15H31NO3/c1-3-5-7-8-9-10-12-18-14-11-16-15(17)19-13-6-4-2/h3-14H2,1-2H3,(H,16,17). The first-order valence-corrected chi connectivity index (χ1v) is 7.79. The largest absolute Gasteiger partial charge is 0.450 e. The van der Waals surface area contributed by atoms with E-state index in [1.54, 1.807) is 0 Å². The van der Waals surface area contributed by atoms with Crippen molar-refractivity contribution in [2.45, 2.75) is 65.2 Å². The van der Waals surface area contributed by atoms with E-state index in [2.05, 4.69) is 19.2 Å². The molecule has 114 valence electrons. The number of carbonyl (C=O) groups excluding carboxylic acids is 1. The minimum absolute atomic E-state index is 0.336. The monoisotopic (exact) mass is 273 g/mol. The number of unbranched alkanes of at least 4 members (excludes halogenated alkanes) is 6.